The lowest BCUT2D eigenvalue weighted by Crippen LogP contribution is -2.45. The lowest BCUT2D eigenvalue weighted by Gasteiger charge is -2.38. The Morgan fingerprint density at radius 3 is 2.62 bits per heavy atom. The Labute approximate surface area is 100.0 Å². The average Bonchev–Trinajstić information content (AvgIpc) is 2.66. The Morgan fingerprint density at radius 1 is 1.56 bits per heavy atom. The fraction of sp³-hybridized carbons (Fsp3) is 0.636. The van der Waals surface area contributed by atoms with Gasteiger partial charge < -0.3 is 10.6 Å². The first-order chi connectivity index (χ1) is 7.51. The largest absolute Gasteiger partial charge is 0.387 e. The molecule has 2 heterocycles. The minimum Gasteiger partial charge on any atom is -0.387 e. The molecule has 1 saturated heterocycles. The number of aromatic nitrogens is 1. The van der Waals surface area contributed by atoms with Gasteiger partial charge in [-0.3, -0.25) is 5.41 Å². The molecule has 0 atom stereocenters. The van der Waals surface area contributed by atoms with E-state index in [4.69, 9.17) is 11.1 Å². The SMILES string of the molecule is Cc1csc(N2CCC(C)(C(=N)N)CC2)n1. The predicted molar refractivity (Wildman–Crippen MR) is 68.3 cm³/mol. The van der Waals surface area contributed by atoms with Crippen molar-refractivity contribution in [3.05, 3.63) is 11.1 Å². The van der Waals surface area contributed by atoms with Crippen LogP contribution in [0.15, 0.2) is 5.38 Å². The van der Waals surface area contributed by atoms with Crippen molar-refractivity contribution in [1.82, 2.24) is 4.98 Å². The number of hydrogen-bond acceptors (Lipinski definition) is 4. The van der Waals surface area contributed by atoms with Crippen molar-refractivity contribution in [2.75, 3.05) is 18.0 Å². The van der Waals surface area contributed by atoms with E-state index < -0.39 is 0 Å². The van der Waals surface area contributed by atoms with Gasteiger partial charge >= 0.3 is 0 Å². The summed E-state index contributed by atoms with van der Waals surface area (Å²) in [6.07, 6.45) is 1.89. The zero-order valence-corrected chi connectivity index (χ0v) is 10.6. The predicted octanol–water partition coefficient (Wildman–Crippen LogP) is 1.99. The summed E-state index contributed by atoms with van der Waals surface area (Å²) in [7, 11) is 0. The van der Waals surface area contributed by atoms with Crippen LogP contribution >= 0.6 is 11.3 Å². The summed E-state index contributed by atoms with van der Waals surface area (Å²) in [5.74, 6) is 0.322. The first kappa shape index (κ1) is 11.4. The lowest BCUT2D eigenvalue weighted by molar-refractivity contribution is 0.351. The molecule has 2 rings (SSSR count). The Morgan fingerprint density at radius 2 is 2.19 bits per heavy atom. The van der Waals surface area contributed by atoms with Crippen molar-refractivity contribution in [2.45, 2.75) is 26.7 Å². The molecule has 0 amide bonds. The third kappa shape index (κ3) is 2.04. The van der Waals surface area contributed by atoms with E-state index in [9.17, 15) is 0 Å². The monoisotopic (exact) mass is 238 g/mol. The maximum Gasteiger partial charge on any atom is 0.185 e. The van der Waals surface area contributed by atoms with Crippen LogP contribution in [0.1, 0.15) is 25.5 Å². The van der Waals surface area contributed by atoms with Gasteiger partial charge in [-0.25, -0.2) is 4.98 Å². The van der Waals surface area contributed by atoms with Crippen molar-refractivity contribution in [3.63, 3.8) is 0 Å². The second-order valence-corrected chi connectivity index (χ2v) is 5.57. The number of anilines is 1. The van der Waals surface area contributed by atoms with Gasteiger partial charge in [0.05, 0.1) is 11.5 Å². The molecule has 16 heavy (non-hydrogen) atoms. The Kier molecular flexibility index (Phi) is 2.88. The molecule has 5 heteroatoms. The summed E-state index contributed by atoms with van der Waals surface area (Å²) in [6, 6.07) is 0. The van der Waals surface area contributed by atoms with Crippen molar-refractivity contribution >= 4 is 22.3 Å². The molecule has 88 valence electrons. The third-order valence-corrected chi connectivity index (χ3v) is 4.41. The fourth-order valence-corrected chi connectivity index (χ4v) is 2.80. The smallest absolute Gasteiger partial charge is 0.185 e. The van der Waals surface area contributed by atoms with Gasteiger partial charge in [-0.15, -0.1) is 11.3 Å². The highest BCUT2D eigenvalue weighted by Crippen LogP contribution is 2.33. The van der Waals surface area contributed by atoms with E-state index >= 15 is 0 Å². The summed E-state index contributed by atoms with van der Waals surface area (Å²) >= 11 is 1.69. The molecule has 0 radical (unpaired) electrons. The van der Waals surface area contributed by atoms with Crippen LogP contribution in [-0.2, 0) is 0 Å². The van der Waals surface area contributed by atoms with E-state index in [0.29, 0.717) is 5.84 Å². The van der Waals surface area contributed by atoms with Crippen molar-refractivity contribution in [3.8, 4) is 0 Å². The quantitative estimate of drug-likeness (QED) is 0.611. The summed E-state index contributed by atoms with van der Waals surface area (Å²) < 4.78 is 0. The number of nitrogens with zero attached hydrogens (tertiary/aromatic N) is 2. The van der Waals surface area contributed by atoms with E-state index in [1.807, 2.05) is 6.92 Å². The zero-order valence-electron chi connectivity index (χ0n) is 9.79. The van der Waals surface area contributed by atoms with Crippen LogP contribution < -0.4 is 10.6 Å². The van der Waals surface area contributed by atoms with Crippen molar-refractivity contribution in [1.29, 1.82) is 5.41 Å². The highest BCUT2D eigenvalue weighted by molar-refractivity contribution is 7.13. The Bertz CT molecular complexity index is 390. The number of piperidine rings is 1. The molecule has 3 N–H and O–H groups in total. The lowest BCUT2D eigenvalue weighted by atomic mass is 9.79. The molecular formula is C11H18N4S. The number of nitrogens with two attached hydrogens (primary N) is 1. The van der Waals surface area contributed by atoms with Gasteiger partial charge in [0.25, 0.3) is 0 Å². The molecule has 0 aliphatic carbocycles. The van der Waals surface area contributed by atoms with E-state index in [1.165, 1.54) is 0 Å². The van der Waals surface area contributed by atoms with Crippen LogP contribution in [0.25, 0.3) is 0 Å². The molecule has 0 spiro atoms. The maximum absolute atomic E-state index is 7.61. The third-order valence-electron chi connectivity index (χ3n) is 3.39. The topological polar surface area (TPSA) is 66.0 Å². The van der Waals surface area contributed by atoms with Gasteiger partial charge in [0, 0.05) is 23.9 Å². The molecule has 1 aliphatic heterocycles. The Balaban J connectivity index is 2.03. The zero-order chi connectivity index (χ0) is 11.8. The number of rotatable bonds is 2. The van der Waals surface area contributed by atoms with Gasteiger partial charge in [-0.1, -0.05) is 6.92 Å². The van der Waals surface area contributed by atoms with E-state index in [1.54, 1.807) is 11.3 Å². The van der Waals surface area contributed by atoms with Crippen LogP contribution in [0, 0.1) is 17.7 Å². The second-order valence-electron chi connectivity index (χ2n) is 4.73. The van der Waals surface area contributed by atoms with Gasteiger partial charge in [-0.2, -0.15) is 0 Å². The number of amidine groups is 1. The molecule has 0 saturated carbocycles. The fourth-order valence-electron chi connectivity index (χ4n) is 1.95. The molecule has 0 aromatic carbocycles. The van der Waals surface area contributed by atoms with Gasteiger partial charge in [0.15, 0.2) is 5.13 Å². The van der Waals surface area contributed by atoms with Crippen LogP contribution in [0.5, 0.6) is 0 Å². The van der Waals surface area contributed by atoms with E-state index in [2.05, 4.69) is 22.2 Å². The van der Waals surface area contributed by atoms with Crippen LogP contribution in [0.3, 0.4) is 0 Å². The van der Waals surface area contributed by atoms with Crippen LogP contribution in [-0.4, -0.2) is 23.9 Å². The summed E-state index contributed by atoms with van der Waals surface area (Å²) in [6.45, 7) is 6.00. The summed E-state index contributed by atoms with van der Waals surface area (Å²) in [5.41, 5.74) is 6.62. The first-order valence-electron chi connectivity index (χ1n) is 5.53. The van der Waals surface area contributed by atoms with Gasteiger partial charge in [0.2, 0.25) is 0 Å². The van der Waals surface area contributed by atoms with Crippen molar-refractivity contribution in [2.24, 2.45) is 11.1 Å². The van der Waals surface area contributed by atoms with Crippen LogP contribution in [0.4, 0.5) is 5.13 Å². The van der Waals surface area contributed by atoms with Gasteiger partial charge in [-0.05, 0) is 19.8 Å². The first-order valence-corrected chi connectivity index (χ1v) is 6.41. The molecule has 4 nitrogen and oxygen atoms in total. The van der Waals surface area contributed by atoms with Crippen LogP contribution in [0.2, 0.25) is 0 Å². The molecule has 1 aromatic rings. The highest BCUT2D eigenvalue weighted by atomic mass is 32.1. The number of nitrogens with one attached hydrogen (secondary N) is 1. The average molecular weight is 238 g/mol. The van der Waals surface area contributed by atoms with Gasteiger partial charge in [0.1, 0.15) is 0 Å². The molecule has 0 bridgehead atoms. The second kappa shape index (κ2) is 4.05. The molecular weight excluding hydrogens is 220 g/mol. The normalized spacial score (nSPS) is 19.8. The van der Waals surface area contributed by atoms with Crippen molar-refractivity contribution < 1.29 is 0 Å². The number of hydrogen-bond donors (Lipinski definition) is 2. The minimum absolute atomic E-state index is 0.108. The molecule has 1 aliphatic rings. The number of thiazole rings is 1. The molecule has 1 fully saturated rings. The molecule has 0 unspecified atom stereocenters. The number of aryl methyl sites for hydroxylation is 1. The highest BCUT2D eigenvalue weighted by Gasteiger charge is 2.33. The maximum atomic E-state index is 7.61. The van der Waals surface area contributed by atoms with E-state index in [0.717, 1.165) is 36.8 Å². The standard InChI is InChI=1S/C11H18N4S/c1-8-7-16-10(14-8)15-5-3-11(2,4-6-15)9(12)13/h7H,3-6H2,1-2H3,(H3,12,13). The molecule has 1 aromatic heterocycles. The summed E-state index contributed by atoms with van der Waals surface area (Å²) in [5, 5.41) is 10.8. The Hall–Kier alpha value is -1.10. The van der Waals surface area contributed by atoms with E-state index in [-0.39, 0.29) is 5.41 Å². The minimum atomic E-state index is -0.108. The summed E-state index contributed by atoms with van der Waals surface area (Å²) in [4.78, 5) is 6.78.